The SMILES string of the molecule is COc1ccc(Cl)c(OCC2CCCN2)n1. The van der Waals surface area contributed by atoms with Crippen molar-refractivity contribution in [2.75, 3.05) is 20.3 Å². The van der Waals surface area contributed by atoms with Gasteiger partial charge < -0.3 is 14.8 Å². The molecule has 0 amide bonds. The summed E-state index contributed by atoms with van der Waals surface area (Å²) in [5.41, 5.74) is 0. The molecule has 0 saturated carbocycles. The van der Waals surface area contributed by atoms with Crippen LogP contribution in [0.25, 0.3) is 0 Å². The number of halogens is 1. The van der Waals surface area contributed by atoms with Crippen LogP contribution in [0.2, 0.25) is 5.02 Å². The minimum absolute atomic E-state index is 0.407. The first-order valence-electron chi connectivity index (χ1n) is 5.36. The Hall–Kier alpha value is -1.00. The van der Waals surface area contributed by atoms with E-state index >= 15 is 0 Å². The van der Waals surface area contributed by atoms with Crippen LogP contribution in [0.5, 0.6) is 11.8 Å². The molecule has 0 spiro atoms. The van der Waals surface area contributed by atoms with Crippen molar-refractivity contribution in [3.8, 4) is 11.8 Å². The van der Waals surface area contributed by atoms with Gasteiger partial charge in [0.1, 0.15) is 11.6 Å². The van der Waals surface area contributed by atoms with Gasteiger partial charge in [-0.1, -0.05) is 11.6 Å². The first-order valence-corrected chi connectivity index (χ1v) is 5.74. The zero-order valence-electron chi connectivity index (χ0n) is 9.20. The lowest BCUT2D eigenvalue weighted by molar-refractivity contribution is 0.263. The van der Waals surface area contributed by atoms with Crippen molar-refractivity contribution in [2.24, 2.45) is 0 Å². The smallest absolute Gasteiger partial charge is 0.235 e. The highest BCUT2D eigenvalue weighted by molar-refractivity contribution is 6.31. The fourth-order valence-electron chi connectivity index (χ4n) is 1.70. The molecule has 1 unspecified atom stereocenters. The van der Waals surface area contributed by atoms with Gasteiger partial charge in [-0.25, -0.2) is 0 Å². The summed E-state index contributed by atoms with van der Waals surface area (Å²) < 4.78 is 10.6. The van der Waals surface area contributed by atoms with Crippen LogP contribution in [0.4, 0.5) is 0 Å². The van der Waals surface area contributed by atoms with Gasteiger partial charge in [-0.2, -0.15) is 4.98 Å². The molecule has 4 nitrogen and oxygen atoms in total. The second kappa shape index (κ2) is 5.37. The van der Waals surface area contributed by atoms with Crippen molar-refractivity contribution in [1.82, 2.24) is 10.3 Å². The minimum atomic E-state index is 0.407. The maximum Gasteiger partial charge on any atom is 0.235 e. The molecule has 16 heavy (non-hydrogen) atoms. The lowest BCUT2D eigenvalue weighted by Crippen LogP contribution is -2.28. The number of nitrogens with zero attached hydrogens (tertiary/aromatic N) is 1. The van der Waals surface area contributed by atoms with Crippen molar-refractivity contribution in [3.63, 3.8) is 0 Å². The zero-order chi connectivity index (χ0) is 11.4. The number of rotatable bonds is 4. The molecule has 0 bridgehead atoms. The molecule has 1 aliphatic heterocycles. The molecule has 1 saturated heterocycles. The average molecular weight is 243 g/mol. The van der Waals surface area contributed by atoms with Crippen molar-refractivity contribution in [3.05, 3.63) is 17.2 Å². The first kappa shape index (κ1) is 11.5. The highest BCUT2D eigenvalue weighted by Crippen LogP contribution is 2.25. The Bertz CT molecular complexity index is 354. The third kappa shape index (κ3) is 2.77. The van der Waals surface area contributed by atoms with Crippen molar-refractivity contribution in [2.45, 2.75) is 18.9 Å². The van der Waals surface area contributed by atoms with E-state index in [1.165, 1.54) is 6.42 Å². The van der Waals surface area contributed by atoms with Crippen LogP contribution in [0.15, 0.2) is 12.1 Å². The molecule has 1 N–H and O–H groups in total. The zero-order valence-corrected chi connectivity index (χ0v) is 9.96. The summed E-state index contributed by atoms with van der Waals surface area (Å²) in [4.78, 5) is 4.15. The highest BCUT2D eigenvalue weighted by Gasteiger charge is 2.15. The Balaban J connectivity index is 1.96. The van der Waals surface area contributed by atoms with Crippen LogP contribution < -0.4 is 14.8 Å². The molecule has 0 aliphatic carbocycles. The minimum Gasteiger partial charge on any atom is -0.481 e. The second-order valence-corrected chi connectivity index (χ2v) is 4.15. The van der Waals surface area contributed by atoms with Crippen molar-refractivity contribution in [1.29, 1.82) is 0 Å². The molecular weight excluding hydrogens is 228 g/mol. The molecule has 1 aliphatic rings. The third-order valence-electron chi connectivity index (χ3n) is 2.58. The molecule has 1 fully saturated rings. The lowest BCUT2D eigenvalue weighted by Gasteiger charge is -2.12. The Labute approximate surface area is 99.9 Å². The molecule has 1 aromatic heterocycles. The molecule has 5 heteroatoms. The Kier molecular flexibility index (Phi) is 3.85. The fourth-order valence-corrected chi connectivity index (χ4v) is 1.86. The van der Waals surface area contributed by atoms with Gasteiger partial charge in [0.15, 0.2) is 0 Å². The van der Waals surface area contributed by atoms with Gasteiger partial charge >= 0.3 is 0 Å². The summed E-state index contributed by atoms with van der Waals surface area (Å²) in [5.74, 6) is 0.952. The fraction of sp³-hybridized carbons (Fsp3) is 0.545. The normalized spacial score (nSPS) is 19.8. The van der Waals surface area contributed by atoms with E-state index < -0.39 is 0 Å². The predicted octanol–water partition coefficient (Wildman–Crippen LogP) is 1.87. The number of pyridine rings is 1. The van der Waals surface area contributed by atoms with E-state index in [0.717, 1.165) is 13.0 Å². The predicted molar refractivity (Wildman–Crippen MR) is 62.3 cm³/mol. The van der Waals surface area contributed by atoms with Gasteiger partial charge in [-0.3, -0.25) is 0 Å². The lowest BCUT2D eigenvalue weighted by atomic mass is 10.2. The van der Waals surface area contributed by atoms with Crippen molar-refractivity contribution >= 4 is 11.6 Å². The van der Waals surface area contributed by atoms with Crippen LogP contribution >= 0.6 is 11.6 Å². The number of hydrogen-bond acceptors (Lipinski definition) is 4. The summed E-state index contributed by atoms with van der Waals surface area (Å²) >= 11 is 5.98. The molecule has 0 aromatic carbocycles. The topological polar surface area (TPSA) is 43.4 Å². The third-order valence-corrected chi connectivity index (χ3v) is 2.87. The summed E-state index contributed by atoms with van der Waals surface area (Å²) in [5, 5.41) is 3.86. The van der Waals surface area contributed by atoms with Gasteiger partial charge in [-0.05, 0) is 25.5 Å². The van der Waals surface area contributed by atoms with Crippen LogP contribution in [0.1, 0.15) is 12.8 Å². The van der Waals surface area contributed by atoms with E-state index in [1.807, 2.05) is 0 Å². The number of nitrogens with one attached hydrogen (secondary N) is 1. The molecular formula is C11H15ClN2O2. The van der Waals surface area contributed by atoms with E-state index in [4.69, 9.17) is 21.1 Å². The van der Waals surface area contributed by atoms with E-state index in [2.05, 4.69) is 10.3 Å². The Morgan fingerprint density at radius 3 is 3.12 bits per heavy atom. The summed E-state index contributed by atoms with van der Waals surface area (Å²) in [6.45, 7) is 1.66. The number of aromatic nitrogens is 1. The second-order valence-electron chi connectivity index (χ2n) is 3.74. The molecule has 1 aromatic rings. The molecule has 2 rings (SSSR count). The van der Waals surface area contributed by atoms with Gasteiger partial charge in [0.2, 0.25) is 11.8 Å². The maximum absolute atomic E-state index is 5.98. The van der Waals surface area contributed by atoms with Crippen LogP contribution in [-0.2, 0) is 0 Å². The van der Waals surface area contributed by atoms with Crippen LogP contribution in [0.3, 0.4) is 0 Å². The quantitative estimate of drug-likeness (QED) is 0.876. The highest BCUT2D eigenvalue weighted by atomic mass is 35.5. The van der Waals surface area contributed by atoms with Gasteiger partial charge in [0, 0.05) is 12.1 Å². The van der Waals surface area contributed by atoms with E-state index in [0.29, 0.717) is 29.4 Å². The van der Waals surface area contributed by atoms with E-state index in [1.54, 1.807) is 19.2 Å². The van der Waals surface area contributed by atoms with E-state index in [9.17, 15) is 0 Å². The molecule has 2 heterocycles. The largest absolute Gasteiger partial charge is 0.481 e. The number of ether oxygens (including phenoxy) is 2. The summed E-state index contributed by atoms with van der Waals surface area (Å²) in [6, 6.07) is 3.84. The Morgan fingerprint density at radius 1 is 1.56 bits per heavy atom. The van der Waals surface area contributed by atoms with Gasteiger partial charge in [-0.15, -0.1) is 0 Å². The van der Waals surface area contributed by atoms with Gasteiger partial charge in [0.05, 0.1) is 7.11 Å². The maximum atomic E-state index is 5.98. The molecule has 88 valence electrons. The van der Waals surface area contributed by atoms with E-state index in [-0.39, 0.29) is 0 Å². The average Bonchev–Trinajstić information content (AvgIpc) is 2.81. The van der Waals surface area contributed by atoms with Crippen molar-refractivity contribution < 1.29 is 9.47 Å². The monoisotopic (exact) mass is 242 g/mol. The molecule has 0 radical (unpaired) electrons. The standard InChI is InChI=1S/C11H15ClN2O2/c1-15-10-5-4-9(12)11(14-10)16-7-8-3-2-6-13-8/h4-5,8,13H,2-3,6-7H2,1H3. The molecule has 1 atom stereocenters. The Morgan fingerprint density at radius 2 is 2.44 bits per heavy atom. The number of hydrogen-bond donors (Lipinski definition) is 1. The summed E-state index contributed by atoms with van der Waals surface area (Å²) in [6.07, 6.45) is 2.34. The number of methoxy groups -OCH3 is 1. The van der Waals surface area contributed by atoms with Crippen LogP contribution in [-0.4, -0.2) is 31.3 Å². The summed E-state index contributed by atoms with van der Waals surface area (Å²) in [7, 11) is 1.57. The van der Waals surface area contributed by atoms with Crippen LogP contribution in [0, 0.1) is 0 Å². The van der Waals surface area contributed by atoms with Gasteiger partial charge in [0.25, 0.3) is 0 Å². The first-order chi connectivity index (χ1) is 7.79.